The predicted molar refractivity (Wildman–Crippen MR) is 84.8 cm³/mol. The lowest BCUT2D eigenvalue weighted by Crippen LogP contribution is -2.27. The summed E-state index contributed by atoms with van der Waals surface area (Å²) in [5.41, 5.74) is 0. The molecule has 1 aromatic carbocycles. The lowest BCUT2D eigenvalue weighted by molar-refractivity contribution is -0.118. The number of para-hydroxylation sites is 1. The third-order valence-electron chi connectivity index (χ3n) is 2.70. The van der Waals surface area contributed by atoms with Gasteiger partial charge < -0.3 is 10.1 Å². The van der Waals surface area contributed by atoms with Gasteiger partial charge in [-0.1, -0.05) is 18.2 Å². The molecular weight excluding hydrogens is 290 g/mol. The van der Waals surface area contributed by atoms with E-state index in [-0.39, 0.29) is 5.91 Å². The van der Waals surface area contributed by atoms with Gasteiger partial charge in [0.2, 0.25) is 5.91 Å². The Balaban J connectivity index is 1.72. The molecule has 2 aromatic rings. The van der Waals surface area contributed by atoms with Gasteiger partial charge in [-0.3, -0.25) is 4.79 Å². The molecule has 20 heavy (non-hydrogen) atoms. The molecule has 0 bridgehead atoms. The van der Waals surface area contributed by atoms with Gasteiger partial charge in [-0.25, -0.2) is 0 Å². The number of carbonyl (C=O) groups excluding carboxylic acids is 1. The third-order valence-corrected chi connectivity index (χ3v) is 4.69. The summed E-state index contributed by atoms with van der Waals surface area (Å²) in [5.74, 6) is 1.27. The van der Waals surface area contributed by atoms with Crippen molar-refractivity contribution < 1.29 is 9.53 Å². The lowest BCUT2D eigenvalue weighted by atomic mass is 10.3. The number of thiophene rings is 1. The molecule has 0 saturated carbocycles. The molecule has 0 fully saturated rings. The van der Waals surface area contributed by atoms with Crippen LogP contribution in [-0.4, -0.2) is 25.3 Å². The summed E-state index contributed by atoms with van der Waals surface area (Å²) in [6.45, 7) is 0.686. The highest BCUT2D eigenvalue weighted by molar-refractivity contribution is 8.00. The van der Waals surface area contributed by atoms with E-state index in [4.69, 9.17) is 4.74 Å². The van der Waals surface area contributed by atoms with Crippen molar-refractivity contribution >= 4 is 29.0 Å². The number of hydrogen-bond donors (Lipinski definition) is 1. The van der Waals surface area contributed by atoms with Crippen LogP contribution in [0.15, 0.2) is 46.7 Å². The normalized spacial score (nSPS) is 10.2. The van der Waals surface area contributed by atoms with E-state index in [9.17, 15) is 4.79 Å². The van der Waals surface area contributed by atoms with Crippen LogP contribution < -0.4 is 10.1 Å². The molecular formula is C15H17NO2S2. The first-order chi connectivity index (χ1) is 9.79. The highest BCUT2D eigenvalue weighted by atomic mass is 32.2. The monoisotopic (exact) mass is 307 g/mol. The summed E-state index contributed by atoms with van der Waals surface area (Å²) < 4.78 is 5.26. The minimum Gasteiger partial charge on any atom is -0.496 e. The molecule has 1 amide bonds. The van der Waals surface area contributed by atoms with Crippen molar-refractivity contribution in [3.63, 3.8) is 0 Å². The molecule has 5 heteroatoms. The zero-order valence-electron chi connectivity index (χ0n) is 11.3. The van der Waals surface area contributed by atoms with E-state index >= 15 is 0 Å². The fraction of sp³-hybridized carbons (Fsp3) is 0.267. The first-order valence-electron chi connectivity index (χ1n) is 6.34. The minimum absolute atomic E-state index is 0.0532. The molecule has 0 atom stereocenters. The van der Waals surface area contributed by atoms with Crippen LogP contribution in [-0.2, 0) is 11.2 Å². The maximum Gasteiger partial charge on any atom is 0.230 e. The van der Waals surface area contributed by atoms with Crippen LogP contribution in [0.5, 0.6) is 5.75 Å². The van der Waals surface area contributed by atoms with Crippen molar-refractivity contribution in [3.05, 3.63) is 46.7 Å². The Kier molecular flexibility index (Phi) is 5.95. The van der Waals surface area contributed by atoms with Crippen molar-refractivity contribution in [2.45, 2.75) is 11.3 Å². The number of hydrogen-bond acceptors (Lipinski definition) is 4. The van der Waals surface area contributed by atoms with E-state index in [2.05, 4.69) is 16.8 Å². The van der Waals surface area contributed by atoms with E-state index in [1.807, 2.05) is 30.3 Å². The molecule has 0 aliphatic rings. The van der Waals surface area contributed by atoms with Gasteiger partial charge in [0.05, 0.1) is 12.9 Å². The van der Waals surface area contributed by atoms with Crippen molar-refractivity contribution in [1.29, 1.82) is 0 Å². The van der Waals surface area contributed by atoms with Crippen LogP contribution in [0.3, 0.4) is 0 Å². The first-order valence-corrected chi connectivity index (χ1v) is 8.21. The lowest BCUT2D eigenvalue weighted by Gasteiger charge is -2.08. The number of rotatable bonds is 7. The third kappa shape index (κ3) is 4.58. The zero-order chi connectivity index (χ0) is 14.2. The molecule has 106 valence electrons. The van der Waals surface area contributed by atoms with Gasteiger partial charge in [0.25, 0.3) is 0 Å². The summed E-state index contributed by atoms with van der Waals surface area (Å²) in [7, 11) is 1.64. The van der Waals surface area contributed by atoms with Crippen LogP contribution in [0, 0.1) is 0 Å². The number of amides is 1. The van der Waals surface area contributed by atoms with E-state index in [0.717, 1.165) is 17.1 Å². The van der Waals surface area contributed by atoms with E-state index in [1.165, 1.54) is 16.6 Å². The Labute approximate surface area is 127 Å². The van der Waals surface area contributed by atoms with Gasteiger partial charge in [-0.15, -0.1) is 23.1 Å². The van der Waals surface area contributed by atoms with Gasteiger partial charge in [0, 0.05) is 16.3 Å². The first kappa shape index (κ1) is 14.9. The zero-order valence-corrected chi connectivity index (χ0v) is 12.9. The highest BCUT2D eigenvalue weighted by Crippen LogP contribution is 2.28. The van der Waals surface area contributed by atoms with Crippen LogP contribution in [0.2, 0.25) is 0 Å². The predicted octanol–water partition coefficient (Wildman–Crippen LogP) is 3.21. The fourth-order valence-electron chi connectivity index (χ4n) is 1.71. The van der Waals surface area contributed by atoms with Gasteiger partial charge >= 0.3 is 0 Å². The molecule has 1 heterocycles. The van der Waals surface area contributed by atoms with Crippen molar-refractivity contribution in [2.75, 3.05) is 19.4 Å². The summed E-state index contributed by atoms with van der Waals surface area (Å²) in [4.78, 5) is 14.1. The topological polar surface area (TPSA) is 38.3 Å². The Hall–Kier alpha value is -1.46. The number of nitrogens with one attached hydrogen (secondary N) is 1. The van der Waals surface area contributed by atoms with Crippen LogP contribution in [0.4, 0.5) is 0 Å². The van der Waals surface area contributed by atoms with Crippen molar-refractivity contribution in [2.24, 2.45) is 0 Å². The Morgan fingerprint density at radius 1 is 1.30 bits per heavy atom. The molecule has 0 radical (unpaired) electrons. The maximum atomic E-state index is 11.8. The van der Waals surface area contributed by atoms with E-state index in [0.29, 0.717) is 12.3 Å². The molecule has 0 spiro atoms. The molecule has 1 aromatic heterocycles. The Morgan fingerprint density at radius 3 is 2.90 bits per heavy atom. The number of carbonyl (C=O) groups is 1. The Bertz CT molecular complexity index is 541. The molecule has 0 saturated heterocycles. The van der Waals surface area contributed by atoms with Gasteiger partial charge in [-0.05, 0) is 30.0 Å². The average molecular weight is 307 g/mol. The van der Waals surface area contributed by atoms with Crippen molar-refractivity contribution in [1.82, 2.24) is 5.32 Å². The Morgan fingerprint density at radius 2 is 2.15 bits per heavy atom. The molecule has 3 nitrogen and oxygen atoms in total. The quantitative estimate of drug-likeness (QED) is 0.798. The molecule has 0 aliphatic heterocycles. The second-order valence-electron chi connectivity index (χ2n) is 4.12. The summed E-state index contributed by atoms with van der Waals surface area (Å²) in [6, 6.07) is 11.8. The highest BCUT2D eigenvalue weighted by Gasteiger charge is 2.06. The largest absolute Gasteiger partial charge is 0.496 e. The van der Waals surface area contributed by atoms with Crippen LogP contribution >= 0.6 is 23.1 Å². The number of thioether (sulfide) groups is 1. The average Bonchev–Trinajstić information content (AvgIpc) is 2.98. The molecule has 2 rings (SSSR count). The molecule has 0 aliphatic carbocycles. The van der Waals surface area contributed by atoms with Gasteiger partial charge in [0.1, 0.15) is 5.75 Å². The fourth-order valence-corrected chi connectivity index (χ4v) is 3.28. The standard InChI is InChI=1S/C15H17NO2S2/c1-18-13-6-2-3-7-14(13)20-11-15(17)16-9-8-12-5-4-10-19-12/h2-7,10H,8-9,11H2,1H3,(H,16,17). The summed E-state index contributed by atoms with van der Waals surface area (Å²) >= 11 is 3.21. The van der Waals surface area contributed by atoms with E-state index in [1.54, 1.807) is 18.4 Å². The smallest absolute Gasteiger partial charge is 0.230 e. The maximum absolute atomic E-state index is 11.8. The number of methoxy groups -OCH3 is 1. The molecule has 0 unspecified atom stereocenters. The van der Waals surface area contributed by atoms with Gasteiger partial charge in [-0.2, -0.15) is 0 Å². The van der Waals surface area contributed by atoms with Gasteiger partial charge in [0.15, 0.2) is 0 Å². The number of benzene rings is 1. The number of ether oxygens (including phenoxy) is 1. The summed E-state index contributed by atoms with van der Waals surface area (Å²) in [6.07, 6.45) is 0.892. The van der Waals surface area contributed by atoms with Crippen LogP contribution in [0.25, 0.3) is 0 Å². The summed E-state index contributed by atoms with van der Waals surface area (Å²) in [5, 5.41) is 4.99. The minimum atomic E-state index is 0.0532. The van der Waals surface area contributed by atoms with Crippen molar-refractivity contribution in [3.8, 4) is 5.75 Å². The molecule has 1 N–H and O–H groups in total. The van der Waals surface area contributed by atoms with E-state index < -0.39 is 0 Å². The van der Waals surface area contributed by atoms with Crippen LogP contribution in [0.1, 0.15) is 4.88 Å². The SMILES string of the molecule is COc1ccccc1SCC(=O)NCCc1cccs1. The second-order valence-corrected chi connectivity index (χ2v) is 6.17. The second kappa shape index (κ2) is 7.97.